The van der Waals surface area contributed by atoms with E-state index in [2.05, 4.69) is 11.1 Å². The van der Waals surface area contributed by atoms with E-state index in [9.17, 15) is 12.8 Å². The maximum Gasteiger partial charge on any atom is 0.243 e. The first kappa shape index (κ1) is 16.3. The lowest BCUT2D eigenvalue weighted by molar-refractivity contribution is 0.472. The van der Waals surface area contributed by atoms with Crippen LogP contribution in [0.5, 0.6) is 0 Å². The maximum atomic E-state index is 13.4. The number of benzene rings is 2. The van der Waals surface area contributed by atoms with Crippen LogP contribution in [0.3, 0.4) is 0 Å². The van der Waals surface area contributed by atoms with Gasteiger partial charge in [0.05, 0.1) is 4.90 Å². The molecule has 0 saturated carbocycles. The zero-order valence-corrected chi connectivity index (χ0v) is 14.7. The van der Waals surface area contributed by atoms with E-state index in [4.69, 9.17) is 0 Å². The minimum Gasteiger partial charge on any atom is -0.358 e. The molecule has 1 aliphatic heterocycles. The van der Waals surface area contributed by atoms with Gasteiger partial charge in [0.2, 0.25) is 10.0 Å². The van der Waals surface area contributed by atoms with E-state index in [-0.39, 0.29) is 10.8 Å². The average Bonchev–Trinajstić information content (AvgIpc) is 3.23. The lowest BCUT2D eigenvalue weighted by atomic mass is 10.1. The number of halogens is 1. The van der Waals surface area contributed by atoms with Crippen LogP contribution < -0.4 is 0 Å². The molecule has 3 aromatic rings. The molecule has 0 amide bonds. The van der Waals surface area contributed by atoms with E-state index in [0.717, 1.165) is 23.0 Å². The van der Waals surface area contributed by atoms with Crippen LogP contribution in [-0.2, 0) is 10.0 Å². The third kappa shape index (κ3) is 2.85. The molecule has 1 N–H and O–H groups in total. The van der Waals surface area contributed by atoms with E-state index in [1.54, 1.807) is 6.92 Å². The van der Waals surface area contributed by atoms with Crippen LogP contribution in [0.1, 0.15) is 23.6 Å². The Morgan fingerprint density at radius 1 is 1.16 bits per heavy atom. The molecule has 2 aromatic carbocycles. The van der Waals surface area contributed by atoms with Crippen molar-refractivity contribution < 1.29 is 12.8 Å². The molecule has 25 heavy (non-hydrogen) atoms. The molecule has 1 fully saturated rings. The summed E-state index contributed by atoms with van der Waals surface area (Å²) in [6.07, 6.45) is 0.770. The Labute approximate surface area is 146 Å². The largest absolute Gasteiger partial charge is 0.358 e. The van der Waals surface area contributed by atoms with Crippen molar-refractivity contribution in [2.75, 3.05) is 13.1 Å². The van der Waals surface area contributed by atoms with Gasteiger partial charge in [-0.2, -0.15) is 4.31 Å². The summed E-state index contributed by atoms with van der Waals surface area (Å²) in [5.74, 6) is -0.250. The second-order valence-electron chi connectivity index (χ2n) is 6.57. The number of sulfonamides is 1. The fraction of sp³-hybridized carbons (Fsp3) is 0.263. The SMILES string of the molecule is Cc1cc(S(=O)(=O)N2CCC(c3cc4ccccc4[nH]3)C2)ccc1F. The van der Waals surface area contributed by atoms with Crippen molar-refractivity contribution in [3.63, 3.8) is 0 Å². The molecule has 0 radical (unpaired) electrons. The van der Waals surface area contributed by atoms with E-state index < -0.39 is 15.8 Å². The van der Waals surface area contributed by atoms with Gasteiger partial charge in [0.25, 0.3) is 0 Å². The predicted octanol–water partition coefficient (Wildman–Crippen LogP) is 3.79. The third-order valence-electron chi connectivity index (χ3n) is 4.91. The highest BCUT2D eigenvalue weighted by molar-refractivity contribution is 7.89. The Hall–Kier alpha value is -2.18. The number of nitrogens with one attached hydrogen (secondary N) is 1. The first-order valence-electron chi connectivity index (χ1n) is 8.29. The van der Waals surface area contributed by atoms with Crippen LogP contribution in [0.25, 0.3) is 10.9 Å². The van der Waals surface area contributed by atoms with Crippen molar-refractivity contribution in [3.8, 4) is 0 Å². The molecule has 0 spiro atoms. The van der Waals surface area contributed by atoms with E-state index >= 15 is 0 Å². The van der Waals surface area contributed by atoms with E-state index in [0.29, 0.717) is 18.7 Å². The van der Waals surface area contributed by atoms with E-state index in [1.165, 1.54) is 22.5 Å². The van der Waals surface area contributed by atoms with Gasteiger partial charge in [-0.1, -0.05) is 18.2 Å². The first-order chi connectivity index (χ1) is 11.9. The van der Waals surface area contributed by atoms with Crippen LogP contribution in [0.15, 0.2) is 53.4 Å². The number of H-pyrrole nitrogens is 1. The van der Waals surface area contributed by atoms with Crippen molar-refractivity contribution in [3.05, 3.63) is 65.6 Å². The summed E-state index contributed by atoms with van der Waals surface area (Å²) < 4.78 is 40.6. The van der Waals surface area contributed by atoms with Crippen molar-refractivity contribution in [1.29, 1.82) is 0 Å². The van der Waals surface area contributed by atoms with Crippen molar-refractivity contribution in [2.24, 2.45) is 0 Å². The minimum absolute atomic E-state index is 0.142. The molecule has 0 bridgehead atoms. The molecule has 1 unspecified atom stereocenters. The molecule has 2 heterocycles. The second kappa shape index (κ2) is 5.97. The molecule has 1 atom stereocenters. The molecular formula is C19H19FN2O2S. The summed E-state index contributed by atoms with van der Waals surface area (Å²) in [7, 11) is -3.60. The van der Waals surface area contributed by atoms with Gasteiger partial charge in [-0.05, 0) is 54.6 Å². The molecule has 1 aromatic heterocycles. The van der Waals surface area contributed by atoms with Crippen molar-refractivity contribution in [2.45, 2.75) is 24.2 Å². The van der Waals surface area contributed by atoms with Gasteiger partial charge >= 0.3 is 0 Å². The van der Waals surface area contributed by atoms with Gasteiger partial charge in [-0.3, -0.25) is 0 Å². The standard InChI is InChI=1S/C19H19FN2O2S/c1-13-10-16(6-7-17(13)20)25(23,24)22-9-8-15(12-22)19-11-14-4-2-3-5-18(14)21-19/h2-7,10-11,15,21H,8-9,12H2,1H3. The molecule has 4 nitrogen and oxygen atoms in total. The van der Waals surface area contributed by atoms with Crippen LogP contribution >= 0.6 is 0 Å². The summed E-state index contributed by atoms with van der Waals surface area (Å²) in [6, 6.07) is 14.1. The zero-order valence-electron chi connectivity index (χ0n) is 13.9. The van der Waals surface area contributed by atoms with Crippen LogP contribution in [0, 0.1) is 12.7 Å². The van der Waals surface area contributed by atoms with Crippen molar-refractivity contribution >= 4 is 20.9 Å². The van der Waals surface area contributed by atoms with Gasteiger partial charge in [0, 0.05) is 30.2 Å². The number of aromatic amines is 1. The maximum absolute atomic E-state index is 13.4. The molecule has 1 saturated heterocycles. The lowest BCUT2D eigenvalue weighted by Crippen LogP contribution is -2.28. The molecule has 4 rings (SSSR count). The van der Waals surface area contributed by atoms with Gasteiger partial charge in [0.15, 0.2) is 0 Å². The summed E-state index contributed by atoms with van der Waals surface area (Å²) in [6.45, 7) is 2.48. The Bertz CT molecular complexity index is 1010. The number of aryl methyl sites for hydroxylation is 1. The second-order valence-corrected chi connectivity index (χ2v) is 8.51. The number of para-hydroxylation sites is 1. The summed E-state index contributed by atoms with van der Waals surface area (Å²) in [5.41, 5.74) is 2.47. The Kier molecular flexibility index (Phi) is 3.89. The van der Waals surface area contributed by atoms with Gasteiger partial charge < -0.3 is 4.98 Å². The topological polar surface area (TPSA) is 53.2 Å². The van der Waals surface area contributed by atoms with Crippen molar-refractivity contribution in [1.82, 2.24) is 9.29 Å². The number of nitrogens with zero attached hydrogens (tertiary/aromatic N) is 1. The number of aromatic nitrogens is 1. The molecule has 6 heteroatoms. The lowest BCUT2D eigenvalue weighted by Gasteiger charge is -2.17. The van der Waals surface area contributed by atoms with Crippen LogP contribution in [0.4, 0.5) is 4.39 Å². The zero-order chi connectivity index (χ0) is 17.6. The summed E-state index contributed by atoms with van der Waals surface area (Å²) in [5, 5.41) is 1.13. The molecular weight excluding hydrogens is 339 g/mol. The smallest absolute Gasteiger partial charge is 0.243 e. The van der Waals surface area contributed by atoms with Gasteiger partial charge in [0.1, 0.15) is 5.82 Å². The Balaban J connectivity index is 1.59. The Morgan fingerprint density at radius 3 is 2.72 bits per heavy atom. The molecule has 1 aliphatic rings. The fourth-order valence-electron chi connectivity index (χ4n) is 3.44. The highest BCUT2D eigenvalue weighted by Crippen LogP contribution is 2.32. The first-order valence-corrected chi connectivity index (χ1v) is 9.73. The normalized spacial score (nSPS) is 18.9. The highest BCUT2D eigenvalue weighted by Gasteiger charge is 2.34. The van der Waals surface area contributed by atoms with Gasteiger partial charge in [-0.25, -0.2) is 12.8 Å². The fourth-order valence-corrected chi connectivity index (χ4v) is 5.03. The Morgan fingerprint density at radius 2 is 1.96 bits per heavy atom. The van der Waals surface area contributed by atoms with Crippen LogP contribution in [0.2, 0.25) is 0 Å². The quantitative estimate of drug-likeness (QED) is 0.774. The predicted molar refractivity (Wildman–Crippen MR) is 95.6 cm³/mol. The summed E-state index contributed by atoms with van der Waals surface area (Å²) in [4.78, 5) is 3.55. The minimum atomic E-state index is -3.60. The monoisotopic (exact) mass is 358 g/mol. The average molecular weight is 358 g/mol. The third-order valence-corrected chi connectivity index (χ3v) is 6.77. The van der Waals surface area contributed by atoms with Crippen LogP contribution in [-0.4, -0.2) is 30.8 Å². The number of hydrogen-bond donors (Lipinski definition) is 1. The number of hydrogen-bond acceptors (Lipinski definition) is 2. The molecule has 0 aliphatic carbocycles. The molecule has 130 valence electrons. The summed E-state index contributed by atoms with van der Waals surface area (Å²) >= 11 is 0. The number of rotatable bonds is 3. The van der Waals surface area contributed by atoms with E-state index in [1.807, 2.05) is 24.3 Å². The number of fused-ring (bicyclic) bond motifs is 1. The van der Waals surface area contributed by atoms with Gasteiger partial charge in [-0.15, -0.1) is 0 Å². The highest BCUT2D eigenvalue weighted by atomic mass is 32.2.